The number of ether oxygens (including phenoxy) is 1. The van der Waals surface area contributed by atoms with Gasteiger partial charge in [0.2, 0.25) is 0 Å². The first-order valence-corrected chi connectivity index (χ1v) is 10.2. The molecule has 8 heteroatoms. The van der Waals surface area contributed by atoms with Crippen molar-refractivity contribution in [3.63, 3.8) is 0 Å². The minimum absolute atomic E-state index is 0.0388. The third-order valence-electron chi connectivity index (χ3n) is 3.80. The van der Waals surface area contributed by atoms with Crippen molar-refractivity contribution in [2.75, 3.05) is 18.5 Å². The number of halogens is 1. The quantitative estimate of drug-likeness (QED) is 0.750. The zero-order valence-electron chi connectivity index (χ0n) is 15.6. The molecule has 0 aliphatic carbocycles. The summed E-state index contributed by atoms with van der Waals surface area (Å²) in [5, 5.41) is 3.47. The second-order valence-corrected chi connectivity index (χ2v) is 10.4. The molecule has 2 heterocycles. The molecule has 0 atom stereocenters. The Labute approximate surface area is 159 Å². The molecule has 1 aromatic carbocycles. The van der Waals surface area contributed by atoms with Gasteiger partial charge >= 0.3 is 159 Å². The molecule has 1 amide bonds. The molecule has 140 valence electrons. The molecule has 26 heavy (non-hydrogen) atoms. The average Bonchev–Trinajstić information content (AvgIpc) is 2.90. The van der Waals surface area contributed by atoms with Crippen molar-refractivity contribution >= 4 is 47.4 Å². The Morgan fingerprint density at radius 3 is 2.58 bits per heavy atom. The maximum absolute atomic E-state index is 14.3. The predicted octanol–water partition coefficient (Wildman–Crippen LogP) is 3.15. The van der Waals surface area contributed by atoms with E-state index in [-0.39, 0.29) is 25.7 Å². The van der Waals surface area contributed by atoms with Gasteiger partial charge in [-0.05, 0) is 0 Å². The number of benzene rings is 1. The molecule has 0 unspecified atom stereocenters. The van der Waals surface area contributed by atoms with Crippen LogP contribution in [0.5, 0.6) is 0 Å². The third kappa shape index (κ3) is 4.49. The number of hydrogen-bond acceptors (Lipinski definition) is 4. The van der Waals surface area contributed by atoms with Crippen LogP contribution in [0.3, 0.4) is 0 Å². The van der Waals surface area contributed by atoms with Gasteiger partial charge in [0, 0.05) is 0 Å². The Kier molecular flexibility index (Phi) is 5.23. The van der Waals surface area contributed by atoms with Crippen molar-refractivity contribution in [3.8, 4) is 0 Å². The Bertz CT molecular complexity index is 820. The molecular formula is C18H23BFNO4Se. The van der Waals surface area contributed by atoms with Gasteiger partial charge in [-0.3, -0.25) is 0 Å². The van der Waals surface area contributed by atoms with Crippen LogP contribution in [0.4, 0.5) is 13.7 Å². The zero-order chi connectivity index (χ0) is 19.1. The fraction of sp³-hybridized carbons (Fsp3) is 0.500. The van der Waals surface area contributed by atoms with Crippen molar-refractivity contribution in [2.24, 2.45) is 5.41 Å². The van der Waals surface area contributed by atoms with Crippen LogP contribution in [-0.4, -0.2) is 46.5 Å². The van der Waals surface area contributed by atoms with Gasteiger partial charge in [-0.1, -0.05) is 0 Å². The molecule has 0 saturated carbocycles. The molecule has 0 bridgehead atoms. The second-order valence-electron chi connectivity index (χ2n) is 8.24. The number of hydrogen-bond donors (Lipinski definition) is 1. The first-order valence-electron chi connectivity index (χ1n) is 8.49. The number of anilines is 1. The molecule has 0 radical (unpaired) electrons. The van der Waals surface area contributed by atoms with E-state index >= 15 is 0 Å². The van der Waals surface area contributed by atoms with Gasteiger partial charge in [-0.15, -0.1) is 0 Å². The van der Waals surface area contributed by atoms with Crippen LogP contribution in [0.25, 0.3) is 9.65 Å². The number of fused-ring (bicyclic) bond motifs is 1. The van der Waals surface area contributed by atoms with Crippen molar-refractivity contribution in [3.05, 3.63) is 24.0 Å². The van der Waals surface area contributed by atoms with E-state index < -0.39 is 18.8 Å². The monoisotopic (exact) mass is 427 g/mol. The SMILES string of the molecule is CC1(C)COB(c2ccc(F)c3[se]c(NC(=O)OC(C)(C)C)cc23)OC1. The minimum atomic E-state index is -0.587. The van der Waals surface area contributed by atoms with Crippen LogP contribution in [0.15, 0.2) is 18.2 Å². The van der Waals surface area contributed by atoms with E-state index in [9.17, 15) is 9.18 Å². The summed E-state index contributed by atoms with van der Waals surface area (Å²) in [6, 6.07) is 4.93. The third-order valence-corrected chi connectivity index (χ3v) is 6.02. The molecule has 1 saturated heterocycles. The summed E-state index contributed by atoms with van der Waals surface area (Å²) in [6.45, 7) is 10.7. The Hall–Kier alpha value is -1.34. The van der Waals surface area contributed by atoms with Gasteiger partial charge in [-0.2, -0.15) is 0 Å². The molecule has 0 spiro atoms. The van der Waals surface area contributed by atoms with Gasteiger partial charge in [0.05, 0.1) is 0 Å². The van der Waals surface area contributed by atoms with Gasteiger partial charge in [0.1, 0.15) is 0 Å². The molecule has 1 fully saturated rings. The van der Waals surface area contributed by atoms with Gasteiger partial charge < -0.3 is 0 Å². The Morgan fingerprint density at radius 2 is 1.96 bits per heavy atom. The first kappa shape index (κ1) is 19.4. The summed E-state index contributed by atoms with van der Waals surface area (Å²) in [5.74, 6) is -0.280. The van der Waals surface area contributed by atoms with Crippen LogP contribution in [0, 0.1) is 11.2 Å². The van der Waals surface area contributed by atoms with E-state index in [0.717, 1.165) is 10.8 Å². The number of amides is 1. The van der Waals surface area contributed by atoms with Crippen LogP contribution in [0.1, 0.15) is 34.6 Å². The standard InChI is InChI=1S/C18H23BFNO4Se/c1-17(2,3)25-16(22)21-14-8-11-12(6-7-13(20)15(11)26-14)19-23-9-18(4,5)10-24-19/h6-8H,9-10H2,1-5H3,(H,21,22). The van der Waals surface area contributed by atoms with Crippen LogP contribution in [-0.2, 0) is 14.0 Å². The van der Waals surface area contributed by atoms with Crippen LogP contribution in [0.2, 0.25) is 0 Å². The van der Waals surface area contributed by atoms with E-state index in [0.29, 0.717) is 22.0 Å². The van der Waals surface area contributed by atoms with Crippen LogP contribution >= 0.6 is 0 Å². The predicted molar refractivity (Wildman–Crippen MR) is 102 cm³/mol. The molecule has 1 aliphatic rings. The molecule has 5 nitrogen and oxygen atoms in total. The van der Waals surface area contributed by atoms with E-state index in [2.05, 4.69) is 19.2 Å². The number of carbonyl (C=O) groups excluding carboxylic acids is 1. The molecule has 1 aliphatic heterocycles. The summed E-state index contributed by atoms with van der Waals surface area (Å²) >= 11 is -0.347. The van der Waals surface area contributed by atoms with Gasteiger partial charge in [0.25, 0.3) is 0 Å². The van der Waals surface area contributed by atoms with E-state index in [4.69, 9.17) is 14.0 Å². The summed E-state index contributed by atoms with van der Waals surface area (Å²) in [6.07, 6.45) is -0.535. The summed E-state index contributed by atoms with van der Waals surface area (Å²) in [4.78, 5) is 12.0. The van der Waals surface area contributed by atoms with Crippen molar-refractivity contribution in [2.45, 2.75) is 40.2 Å². The topological polar surface area (TPSA) is 56.8 Å². The van der Waals surface area contributed by atoms with Crippen molar-refractivity contribution < 1.29 is 23.2 Å². The van der Waals surface area contributed by atoms with E-state index in [1.807, 2.05) is 0 Å². The van der Waals surface area contributed by atoms with E-state index in [1.54, 1.807) is 32.9 Å². The maximum atomic E-state index is 14.3. The fourth-order valence-electron chi connectivity index (χ4n) is 2.65. The van der Waals surface area contributed by atoms with E-state index in [1.165, 1.54) is 6.07 Å². The molecule has 2 aromatic rings. The normalized spacial score (nSPS) is 17.4. The summed E-state index contributed by atoms with van der Waals surface area (Å²) < 4.78 is 32.5. The Morgan fingerprint density at radius 1 is 1.31 bits per heavy atom. The number of carbonyl (C=O) groups is 1. The van der Waals surface area contributed by atoms with Gasteiger partial charge in [-0.25, -0.2) is 0 Å². The van der Waals surface area contributed by atoms with Crippen LogP contribution < -0.4 is 10.8 Å². The first-order chi connectivity index (χ1) is 12.0. The number of nitrogens with one attached hydrogen (secondary N) is 1. The van der Waals surface area contributed by atoms with Crippen molar-refractivity contribution in [1.82, 2.24) is 0 Å². The fourth-order valence-corrected chi connectivity index (χ4v) is 4.72. The average molecular weight is 426 g/mol. The number of rotatable bonds is 2. The molecule has 1 aromatic heterocycles. The molecule has 1 N–H and O–H groups in total. The second kappa shape index (κ2) is 7.00. The molecule has 3 rings (SSSR count). The zero-order valence-corrected chi connectivity index (χ0v) is 17.4. The van der Waals surface area contributed by atoms with Crippen molar-refractivity contribution in [1.29, 1.82) is 0 Å². The van der Waals surface area contributed by atoms with Gasteiger partial charge in [0.15, 0.2) is 0 Å². The summed E-state index contributed by atoms with van der Waals surface area (Å²) in [5.41, 5.74) is 0.165. The Balaban J connectivity index is 1.86. The molecular weight excluding hydrogens is 403 g/mol. The summed E-state index contributed by atoms with van der Waals surface area (Å²) in [7, 11) is -0.523.